The van der Waals surface area contributed by atoms with Gasteiger partial charge in [-0.25, -0.2) is 0 Å². The minimum atomic E-state index is -0.00465. The highest BCUT2D eigenvalue weighted by atomic mass is 16.5. The molecule has 0 radical (unpaired) electrons. The maximum absolute atomic E-state index is 9.58. The van der Waals surface area contributed by atoms with Gasteiger partial charge in [-0.1, -0.05) is 6.07 Å². The van der Waals surface area contributed by atoms with Crippen LogP contribution in [0, 0.1) is 5.41 Å². The van der Waals surface area contributed by atoms with Crippen molar-refractivity contribution < 1.29 is 19.3 Å². The summed E-state index contributed by atoms with van der Waals surface area (Å²) in [6, 6.07) is 6.25. The number of ether oxygens (including phenoxy) is 3. The molecule has 3 N–H and O–H groups in total. The summed E-state index contributed by atoms with van der Waals surface area (Å²) in [5.74, 6) is 2.24. The van der Waals surface area contributed by atoms with Gasteiger partial charge in [-0.05, 0) is 37.5 Å². The van der Waals surface area contributed by atoms with Crippen molar-refractivity contribution in [1.29, 1.82) is 0 Å². The van der Waals surface area contributed by atoms with Gasteiger partial charge in [0.05, 0.1) is 46.6 Å². The van der Waals surface area contributed by atoms with E-state index in [2.05, 4.69) is 34.6 Å². The van der Waals surface area contributed by atoms with E-state index in [1.54, 1.807) is 14.2 Å². The normalized spacial score (nSPS) is 19.8. The molecule has 1 atom stereocenters. The second kappa shape index (κ2) is 10.8. The fourth-order valence-corrected chi connectivity index (χ4v) is 3.73. The van der Waals surface area contributed by atoms with Crippen molar-refractivity contribution in [3.8, 4) is 11.5 Å². The van der Waals surface area contributed by atoms with Gasteiger partial charge in [0.15, 0.2) is 17.5 Å². The van der Waals surface area contributed by atoms with E-state index in [1.807, 2.05) is 6.07 Å². The van der Waals surface area contributed by atoms with Gasteiger partial charge in [-0.15, -0.1) is 0 Å². The molecule has 0 amide bonds. The molecular formula is C22H36N4O4. The fraction of sp³-hybridized carbons (Fsp3) is 0.682. The van der Waals surface area contributed by atoms with E-state index < -0.39 is 0 Å². The summed E-state index contributed by atoms with van der Waals surface area (Å²) in [4.78, 5) is 7.16. The van der Waals surface area contributed by atoms with Crippen LogP contribution in [0.3, 0.4) is 0 Å². The van der Waals surface area contributed by atoms with Crippen LogP contribution in [0.1, 0.15) is 31.4 Å². The number of rotatable bonds is 10. The second-order valence-electron chi connectivity index (χ2n) is 8.01. The lowest BCUT2D eigenvalue weighted by Crippen LogP contribution is -2.46. The molecule has 1 aromatic rings. The predicted molar refractivity (Wildman–Crippen MR) is 117 cm³/mol. The number of nitrogens with zero attached hydrogens (tertiary/aromatic N) is 2. The lowest BCUT2D eigenvalue weighted by molar-refractivity contribution is 0.0169. The van der Waals surface area contributed by atoms with Crippen molar-refractivity contribution in [2.45, 2.75) is 25.8 Å². The first kappa shape index (κ1) is 22.7. The predicted octanol–water partition coefficient (Wildman–Crippen LogP) is 1.40. The number of aliphatic imine (C=N–C) groups is 1. The van der Waals surface area contributed by atoms with Gasteiger partial charge < -0.3 is 30.0 Å². The maximum atomic E-state index is 9.58. The molecule has 0 aromatic heterocycles. The molecule has 1 aromatic carbocycles. The van der Waals surface area contributed by atoms with Crippen molar-refractivity contribution in [1.82, 2.24) is 15.5 Å². The summed E-state index contributed by atoms with van der Waals surface area (Å²) in [7, 11) is 3.31. The molecule has 0 spiro atoms. The van der Waals surface area contributed by atoms with Gasteiger partial charge >= 0.3 is 0 Å². The first-order valence-corrected chi connectivity index (χ1v) is 10.8. The van der Waals surface area contributed by atoms with E-state index >= 15 is 0 Å². The van der Waals surface area contributed by atoms with Crippen LogP contribution in [0.15, 0.2) is 23.2 Å². The molecule has 168 valence electrons. The molecule has 8 heteroatoms. The molecule has 0 bridgehead atoms. The van der Waals surface area contributed by atoms with Crippen molar-refractivity contribution in [3.05, 3.63) is 23.8 Å². The smallest absolute Gasteiger partial charge is 0.191 e. The van der Waals surface area contributed by atoms with E-state index in [0.717, 1.165) is 68.7 Å². The summed E-state index contributed by atoms with van der Waals surface area (Å²) in [5, 5.41) is 16.4. The van der Waals surface area contributed by atoms with E-state index in [9.17, 15) is 5.11 Å². The Morgan fingerprint density at radius 2 is 1.93 bits per heavy atom. The van der Waals surface area contributed by atoms with Gasteiger partial charge in [0.1, 0.15) is 0 Å². The van der Waals surface area contributed by atoms with Crippen LogP contribution in [-0.2, 0) is 4.74 Å². The Morgan fingerprint density at radius 1 is 1.20 bits per heavy atom. The Labute approximate surface area is 179 Å². The number of hydrogen-bond donors (Lipinski definition) is 3. The number of hydrogen-bond acceptors (Lipinski definition) is 6. The third-order valence-electron chi connectivity index (χ3n) is 5.95. The summed E-state index contributed by atoms with van der Waals surface area (Å²) in [6.07, 6.45) is 2.10. The minimum Gasteiger partial charge on any atom is -0.493 e. The first-order chi connectivity index (χ1) is 14.6. The topological polar surface area (TPSA) is 87.6 Å². The highest BCUT2D eigenvalue weighted by Gasteiger charge is 2.41. The van der Waals surface area contributed by atoms with E-state index in [4.69, 9.17) is 19.2 Å². The van der Waals surface area contributed by atoms with Crippen LogP contribution < -0.4 is 20.1 Å². The number of nitrogens with one attached hydrogen (secondary N) is 2. The Kier molecular flexibility index (Phi) is 8.18. The highest BCUT2D eigenvalue weighted by molar-refractivity contribution is 5.79. The van der Waals surface area contributed by atoms with E-state index in [0.29, 0.717) is 13.1 Å². The van der Waals surface area contributed by atoms with Crippen LogP contribution in [0.2, 0.25) is 0 Å². The van der Waals surface area contributed by atoms with Crippen molar-refractivity contribution in [2.24, 2.45) is 10.4 Å². The number of benzene rings is 1. The molecular weight excluding hydrogens is 384 g/mol. The largest absolute Gasteiger partial charge is 0.493 e. The zero-order valence-electron chi connectivity index (χ0n) is 18.4. The number of aliphatic hydroxyl groups is 1. The zero-order chi connectivity index (χ0) is 21.4. The molecule has 1 saturated heterocycles. The zero-order valence-corrected chi connectivity index (χ0v) is 18.4. The Balaban J connectivity index is 1.75. The van der Waals surface area contributed by atoms with E-state index in [1.165, 1.54) is 0 Å². The van der Waals surface area contributed by atoms with Crippen LogP contribution in [0.5, 0.6) is 11.5 Å². The lowest BCUT2D eigenvalue weighted by atomic mass is 10.0. The summed E-state index contributed by atoms with van der Waals surface area (Å²) >= 11 is 0. The van der Waals surface area contributed by atoms with Crippen molar-refractivity contribution in [3.63, 3.8) is 0 Å². The lowest BCUT2D eigenvalue weighted by Gasteiger charge is -2.35. The second-order valence-corrected chi connectivity index (χ2v) is 8.01. The van der Waals surface area contributed by atoms with Gasteiger partial charge in [0.25, 0.3) is 0 Å². The van der Waals surface area contributed by atoms with Crippen molar-refractivity contribution in [2.75, 3.05) is 66.8 Å². The average Bonchev–Trinajstić information content (AvgIpc) is 3.58. The van der Waals surface area contributed by atoms with Gasteiger partial charge in [0.2, 0.25) is 0 Å². The van der Waals surface area contributed by atoms with Gasteiger partial charge in [-0.3, -0.25) is 9.89 Å². The van der Waals surface area contributed by atoms with E-state index in [-0.39, 0.29) is 18.1 Å². The number of methoxy groups -OCH3 is 2. The Hall–Kier alpha value is -2.03. The van der Waals surface area contributed by atoms with Crippen LogP contribution in [0.25, 0.3) is 0 Å². The summed E-state index contributed by atoms with van der Waals surface area (Å²) in [6.45, 7) is 7.63. The van der Waals surface area contributed by atoms with Crippen LogP contribution >= 0.6 is 0 Å². The standard InChI is InChI=1S/C22H36N4O4/c1-4-23-21(25-15-22(16-27)7-8-22)24-14-18(26-9-11-30-12-10-26)17-5-6-19(28-2)20(13-17)29-3/h5-6,13,18,27H,4,7-12,14-16H2,1-3H3,(H2,23,24,25). The minimum absolute atomic E-state index is 0.00465. The number of aliphatic hydroxyl groups excluding tert-OH is 1. The molecule has 2 fully saturated rings. The molecule has 1 heterocycles. The van der Waals surface area contributed by atoms with Crippen LogP contribution in [0.4, 0.5) is 0 Å². The molecule has 1 aliphatic heterocycles. The fourth-order valence-electron chi connectivity index (χ4n) is 3.73. The molecule has 3 rings (SSSR count). The number of guanidine groups is 1. The third-order valence-corrected chi connectivity index (χ3v) is 5.95. The number of morpholine rings is 1. The summed E-state index contributed by atoms with van der Waals surface area (Å²) in [5.41, 5.74) is 1.15. The first-order valence-electron chi connectivity index (χ1n) is 10.8. The van der Waals surface area contributed by atoms with Crippen LogP contribution in [-0.4, -0.2) is 82.7 Å². The maximum Gasteiger partial charge on any atom is 0.191 e. The molecule has 1 unspecified atom stereocenters. The Morgan fingerprint density at radius 3 is 2.53 bits per heavy atom. The average molecular weight is 421 g/mol. The van der Waals surface area contributed by atoms with Gasteiger partial charge in [-0.2, -0.15) is 0 Å². The SMILES string of the molecule is CCNC(=NCC1(CO)CC1)NCC(c1ccc(OC)c(OC)c1)N1CCOCC1. The monoisotopic (exact) mass is 420 g/mol. The Bertz CT molecular complexity index is 702. The highest BCUT2D eigenvalue weighted by Crippen LogP contribution is 2.45. The summed E-state index contributed by atoms with van der Waals surface area (Å²) < 4.78 is 16.5. The molecule has 2 aliphatic rings. The molecule has 1 aliphatic carbocycles. The van der Waals surface area contributed by atoms with Gasteiger partial charge in [0, 0.05) is 31.6 Å². The van der Waals surface area contributed by atoms with Crippen molar-refractivity contribution >= 4 is 5.96 Å². The molecule has 1 saturated carbocycles. The molecule has 30 heavy (non-hydrogen) atoms. The third kappa shape index (κ3) is 5.77. The molecule has 8 nitrogen and oxygen atoms in total. The quantitative estimate of drug-likeness (QED) is 0.390.